The van der Waals surface area contributed by atoms with E-state index in [1.807, 2.05) is 19.0 Å². The number of fused-ring (bicyclic) bond motifs is 1. The molecule has 1 amide bonds. The molecule has 1 heterocycles. The van der Waals surface area contributed by atoms with Gasteiger partial charge in [0.15, 0.2) is 5.13 Å². The number of benzene rings is 2. The van der Waals surface area contributed by atoms with Crippen LogP contribution in [0.1, 0.15) is 27.8 Å². The number of likely N-dealkylation sites (N-methyl/N-ethyl adjacent to an activating group) is 1. The third kappa shape index (κ3) is 4.59. The van der Waals surface area contributed by atoms with Gasteiger partial charge in [-0.25, -0.2) is 4.98 Å². The number of rotatable bonds is 6. The van der Waals surface area contributed by atoms with E-state index in [0.717, 1.165) is 27.5 Å². The molecule has 28 heavy (non-hydrogen) atoms. The first-order valence-corrected chi connectivity index (χ1v) is 10.5. The van der Waals surface area contributed by atoms with Crippen molar-refractivity contribution in [3.05, 3.63) is 58.1 Å². The number of thiazole rings is 1. The molecule has 0 spiro atoms. The van der Waals surface area contributed by atoms with E-state index in [9.17, 15) is 4.79 Å². The fraction of sp³-hybridized carbons (Fsp3) is 0.391. The number of hydrogen-bond donors (Lipinski definition) is 0. The van der Waals surface area contributed by atoms with Crippen LogP contribution in [0.25, 0.3) is 10.2 Å². The summed E-state index contributed by atoms with van der Waals surface area (Å²) in [6.07, 6.45) is 0.391. The van der Waals surface area contributed by atoms with Crippen LogP contribution >= 0.6 is 11.3 Å². The molecule has 0 fully saturated rings. The SMILES string of the molecule is Cc1cc(C)c2sc(N(CCN(C)C)C(=O)Cc3ccc(C)c(C)c3)nc2c1. The Bertz CT molecular complexity index is 1010. The first kappa shape index (κ1) is 20.5. The third-order valence-electron chi connectivity index (χ3n) is 5.04. The van der Waals surface area contributed by atoms with Crippen LogP contribution in [0.2, 0.25) is 0 Å². The summed E-state index contributed by atoms with van der Waals surface area (Å²) in [5.74, 6) is 0.0959. The maximum atomic E-state index is 13.2. The normalized spacial score (nSPS) is 11.4. The summed E-state index contributed by atoms with van der Waals surface area (Å²) in [6, 6.07) is 10.5. The molecule has 0 aliphatic carbocycles. The molecule has 0 saturated heterocycles. The molecule has 5 heteroatoms. The smallest absolute Gasteiger partial charge is 0.233 e. The standard InChI is InChI=1S/C23H29N3OS/c1-15-11-18(4)22-20(12-15)24-23(28-22)26(10-9-25(5)6)21(27)14-19-8-7-16(2)17(3)13-19/h7-8,11-13H,9-10,14H2,1-6H3. The quantitative estimate of drug-likeness (QED) is 0.609. The zero-order valence-corrected chi connectivity index (χ0v) is 18.5. The number of carbonyl (C=O) groups excluding carboxylic acids is 1. The van der Waals surface area contributed by atoms with Gasteiger partial charge in [-0.05, 0) is 75.7 Å². The molecule has 3 aromatic rings. The first-order valence-electron chi connectivity index (χ1n) is 9.63. The molecule has 1 aromatic heterocycles. The Balaban J connectivity index is 1.92. The highest BCUT2D eigenvalue weighted by molar-refractivity contribution is 7.22. The van der Waals surface area contributed by atoms with Gasteiger partial charge in [0.25, 0.3) is 0 Å². The summed E-state index contributed by atoms with van der Waals surface area (Å²) in [5.41, 5.74) is 6.91. The van der Waals surface area contributed by atoms with Crippen LogP contribution in [0.5, 0.6) is 0 Å². The maximum absolute atomic E-state index is 13.2. The van der Waals surface area contributed by atoms with E-state index in [4.69, 9.17) is 4.98 Å². The predicted molar refractivity (Wildman–Crippen MR) is 120 cm³/mol. The molecule has 0 aliphatic rings. The van der Waals surface area contributed by atoms with Crippen LogP contribution in [-0.2, 0) is 11.2 Å². The molecule has 4 nitrogen and oxygen atoms in total. The third-order valence-corrected chi connectivity index (χ3v) is 6.27. The van der Waals surface area contributed by atoms with Crippen LogP contribution < -0.4 is 4.90 Å². The number of nitrogens with zero attached hydrogens (tertiary/aromatic N) is 3. The molecule has 0 bridgehead atoms. The highest BCUT2D eigenvalue weighted by Gasteiger charge is 2.21. The van der Waals surface area contributed by atoms with Gasteiger partial charge in [-0.2, -0.15) is 0 Å². The van der Waals surface area contributed by atoms with Crippen molar-refractivity contribution in [2.75, 3.05) is 32.1 Å². The Labute approximate surface area is 171 Å². The maximum Gasteiger partial charge on any atom is 0.233 e. The van der Waals surface area contributed by atoms with Crippen molar-refractivity contribution in [1.29, 1.82) is 0 Å². The number of aryl methyl sites for hydroxylation is 4. The fourth-order valence-corrected chi connectivity index (χ4v) is 4.35. The summed E-state index contributed by atoms with van der Waals surface area (Å²) >= 11 is 1.61. The fourth-order valence-electron chi connectivity index (χ4n) is 3.29. The average molecular weight is 396 g/mol. The lowest BCUT2D eigenvalue weighted by Crippen LogP contribution is -2.37. The largest absolute Gasteiger partial charge is 0.308 e. The Morgan fingerprint density at radius 3 is 2.39 bits per heavy atom. The molecule has 148 valence electrons. The zero-order chi connectivity index (χ0) is 20.4. The first-order chi connectivity index (χ1) is 13.2. The minimum Gasteiger partial charge on any atom is -0.308 e. The van der Waals surface area contributed by atoms with Crippen molar-refractivity contribution in [2.45, 2.75) is 34.1 Å². The molecule has 0 aliphatic heterocycles. The summed E-state index contributed by atoms with van der Waals surface area (Å²) < 4.78 is 1.16. The topological polar surface area (TPSA) is 36.4 Å². The molecule has 0 unspecified atom stereocenters. The summed E-state index contributed by atoms with van der Waals surface area (Å²) in [4.78, 5) is 22.0. The minimum atomic E-state index is 0.0959. The second-order valence-corrected chi connectivity index (χ2v) is 8.85. The van der Waals surface area contributed by atoms with Gasteiger partial charge in [0.05, 0.1) is 16.6 Å². The van der Waals surface area contributed by atoms with E-state index < -0.39 is 0 Å². The van der Waals surface area contributed by atoms with E-state index >= 15 is 0 Å². The molecular weight excluding hydrogens is 366 g/mol. The monoisotopic (exact) mass is 395 g/mol. The van der Waals surface area contributed by atoms with E-state index in [1.54, 1.807) is 11.3 Å². The van der Waals surface area contributed by atoms with E-state index in [0.29, 0.717) is 13.0 Å². The zero-order valence-electron chi connectivity index (χ0n) is 17.7. The molecule has 0 N–H and O–H groups in total. The Kier molecular flexibility index (Phi) is 6.16. The molecule has 2 aromatic carbocycles. The highest BCUT2D eigenvalue weighted by Crippen LogP contribution is 2.32. The lowest BCUT2D eigenvalue weighted by Gasteiger charge is -2.22. The van der Waals surface area contributed by atoms with E-state index in [2.05, 4.69) is 62.9 Å². The van der Waals surface area contributed by atoms with E-state index in [1.165, 1.54) is 22.3 Å². The van der Waals surface area contributed by atoms with Gasteiger partial charge >= 0.3 is 0 Å². The van der Waals surface area contributed by atoms with Crippen LogP contribution in [0.15, 0.2) is 30.3 Å². The minimum absolute atomic E-state index is 0.0959. The van der Waals surface area contributed by atoms with Gasteiger partial charge < -0.3 is 4.90 Å². The second-order valence-electron chi connectivity index (χ2n) is 7.87. The van der Waals surface area contributed by atoms with Crippen molar-refractivity contribution < 1.29 is 4.79 Å². The van der Waals surface area contributed by atoms with Gasteiger partial charge in [0, 0.05) is 13.1 Å². The van der Waals surface area contributed by atoms with Gasteiger partial charge in [-0.3, -0.25) is 9.69 Å². The number of amides is 1. The van der Waals surface area contributed by atoms with Crippen molar-refractivity contribution in [1.82, 2.24) is 9.88 Å². The van der Waals surface area contributed by atoms with Crippen molar-refractivity contribution in [3.8, 4) is 0 Å². The highest BCUT2D eigenvalue weighted by atomic mass is 32.1. The summed E-state index contributed by atoms with van der Waals surface area (Å²) in [5, 5.41) is 0.791. The molecule has 3 rings (SSSR count). The average Bonchev–Trinajstić information content (AvgIpc) is 3.02. The molecular formula is C23H29N3OS. The number of aromatic nitrogens is 1. The van der Waals surface area contributed by atoms with Gasteiger partial charge in [-0.1, -0.05) is 35.6 Å². The molecule has 0 atom stereocenters. The lowest BCUT2D eigenvalue weighted by molar-refractivity contribution is -0.118. The Morgan fingerprint density at radius 1 is 0.964 bits per heavy atom. The summed E-state index contributed by atoms with van der Waals surface area (Å²) in [6.45, 7) is 9.81. The van der Waals surface area contributed by atoms with Crippen LogP contribution in [0.4, 0.5) is 5.13 Å². The van der Waals surface area contributed by atoms with Gasteiger partial charge in [-0.15, -0.1) is 0 Å². The van der Waals surface area contributed by atoms with Crippen molar-refractivity contribution >= 4 is 32.6 Å². The second kappa shape index (κ2) is 8.41. The number of hydrogen-bond acceptors (Lipinski definition) is 4. The van der Waals surface area contributed by atoms with E-state index in [-0.39, 0.29) is 5.91 Å². The van der Waals surface area contributed by atoms with Crippen molar-refractivity contribution in [2.24, 2.45) is 0 Å². The predicted octanol–water partition coefficient (Wildman–Crippen LogP) is 4.67. The molecule has 0 saturated carbocycles. The Morgan fingerprint density at radius 2 is 1.71 bits per heavy atom. The summed E-state index contributed by atoms with van der Waals surface area (Å²) in [7, 11) is 4.05. The van der Waals surface area contributed by atoms with Crippen LogP contribution in [0.3, 0.4) is 0 Å². The molecule has 0 radical (unpaired) electrons. The number of anilines is 1. The Hall–Kier alpha value is -2.24. The van der Waals surface area contributed by atoms with Crippen LogP contribution in [0, 0.1) is 27.7 Å². The number of carbonyl (C=O) groups is 1. The van der Waals surface area contributed by atoms with Gasteiger partial charge in [0.1, 0.15) is 0 Å². The van der Waals surface area contributed by atoms with Crippen LogP contribution in [-0.4, -0.2) is 43.0 Å². The van der Waals surface area contributed by atoms with Gasteiger partial charge in [0.2, 0.25) is 5.91 Å². The van der Waals surface area contributed by atoms with Crippen molar-refractivity contribution in [3.63, 3.8) is 0 Å². The lowest BCUT2D eigenvalue weighted by atomic mass is 10.0.